The lowest BCUT2D eigenvalue weighted by molar-refractivity contribution is -0.132. The lowest BCUT2D eigenvalue weighted by Crippen LogP contribution is -2.10. The average molecular weight is 459 g/mol. The Kier molecular flexibility index (Phi) is 7.29. The van der Waals surface area contributed by atoms with Crippen LogP contribution in [0.25, 0.3) is 10.8 Å². The molecule has 0 aliphatic rings. The monoisotopic (exact) mass is 458 g/mol. The summed E-state index contributed by atoms with van der Waals surface area (Å²) >= 11 is 6.85. The average Bonchev–Trinajstić information content (AvgIpc) is 3.04. The van der Waals surface area contributed by atoms with E-state index in [4.69, 9.17) is 21.7 Å². The second-order valence-corrected chi connectivity index (χ2v) is 8.72. The molecule has 0 aliphatic carbocycles. The lowest BCUT2D eigenvalue weighted by atomic mass is 10.0. The Labute approximate surface area is 188 Å². The van der Waals surface area contributed by atoms with E-state index in [1.54, 1.807) is 19.1 Å². The van der Waals surface area contributed by atoms with Gasteiger partial charge in [0.05, 0.1) is 9.76 Å². The van der Waals surface area contributed by atoms with Gasteiger partial charge in [0.1, 0.15) is 11.5 Å². The van der Waals surface area contributed by atoms with Crippen molar-refractivity contribution in [3.8, 4) is 11.5 Å². The van der Waals surface area contributed by atoms with Gasteiger partial charge in [0.15, 0.2) is 0 Å². The number of fused-ring (bicyclic) bond motifs is 1. The molecular weight excluding hydrogens is 436 g/mol. The maximum atomic E-state index is 11.8. The topological polar surface area (TPSA) is 101 Å². The van der Waals surface area contributed by atoms with Crippen LogP contribution in [0.3, 0.4) is 0 Å². The Hall–Kier alpha value is -2.91. The number of aromatic amines is 2. The standard InChI is InChI=1S/C22H22N2O5S2/c1-12-20(21(27)24-23-12)22(30)31-10-4-5-15-6-7-16-17(11-15)19(29-14(3)26)9-8-18(16)28-13(2)25/h6-9,11H,4-5,10H2,1-3H3,(H2,23,24,27). The first kappa shape index (κ1) is 22.8. The third kappa shape index (κ3) is 5.62. The van der Waals surface area contributed by atoms with E-state index >= 15 is 0 Å². The molecule has 2 aromatic carbocycles. The van der Waals surface area contributed by atoms with Gasteiger partial charge in [-0.2, -0.15) is 0 Å². The number of nitrogens with one attached hydrogen (secondary N) is 2. The maximum absolute atomic E-state index is 11.8. The van der Waals surface area contributed by atoms with Gasteiger partial charge in [-0.05, 0) is 49.3 Å². The van der Waals surface area contributed by atoms with Crippen LogP contribution in [0, 0.1) is 6.92 Å². The number of hydrogen-bond acceptors (Lipinski definition) is 7. The van der Waals surface area contributed by atoms with Crippen LogP contribution in [0.5, 0.6) is 11.5 Å². The molecule has 1 aromatic heterocycles. The molecule has 31 heavy (non-hydrogen) atoms. The Bertz CT molecular complexity index is 1210. The molecule has 3 aromatic rings. The number of aromatic nitrogens is 2. The Morgan fingerprint density at radius 2 is 1.65 bits per heavy atom. The molecule has 0 fully saturated rings. The predicted octanol–water partition coefficient (Wildman–Crippen LogP) is 4.06. The highest BCUT2D eigenvalue weighted by Gasteiger charge is 2.14. The summed E-state index contributed by atoms with van der Waals surface area (Å²) in [5, 5.41) is 6.71. The molecule has 0 saturated carbocycles. The molecule has 2 N–H and O–H groups in total. The summed E-state index contributed by atoms with van der Waals surface area (Å²) < 4.78 is 11.2. The van der Waals surface area contributed by atoms with Gasteiger partial charge in [0, 0.05) is 30.3 Å². The molecule has 1 heterocycles. The van der Waals surface area contributed by atoms with Crippen LogP contribution in [-0.4, -0.2) is 32.1 Å². The van der Waals surface area contributed by atoms with Crippen molar-refractivity contribution in [2.24, 2.45) is 0 Å². The van der Waals surface area contributed by atoms with Crippen LogP contribution in [0.2, 0.25) is 0 Å². The molecule has 0 unspecified atom stereocenters. The highest BCUT2D eigenvalue weighted by molar-refractivity contribution is 8.23. The summed E-state index contributed by atoms with van der Waals surface area (Å²) in [6, 6.07) is 8.98. The molecule has 0 radical (unpaired) electrons. The number of hydrogen-bond donors (Lipinski definition) is 2. The maximum Gasteiger partial charge on any atom is 0.308 e. The van der Waals surface area contributed by atoms with E-state index < -0.39 is 11.9 Å². The number of carbonyl (C=O) groups is 2. The van der Waals surface area contributed by atoms with Gasteiger partial charge in [-0.1, -0.05) is 24.4 Å². The van der Waals surface area contributed by atoms with Crippen LogP contribution in [0.15, 0.2) is 35.1 Å². The van der Waals surface area contributed by atoms with Gasteiger partial charge in [0.2, 0.25) is 0 Å². The van der Waals surface area contributed by atoms with Crippen LogP contribution in [0.1, 0.15) is 37.1 Å². The van der Waals surface area contributed by atoms with Crippen molar-refractivity contribution in [2.75, 3.05) is 5.75 Å². The molecule has 162 valence electrons. The number of aryl methyl sites for hydroxylation is 2. The molecule has 0 bridgehead atoms. The zero-order valence-electron chi connectivity index (χ0n) is 17.4. The highest BCUT2D eigenvalue weighted by atomic mass is 32.2. The first-order valence-corrected chi connectivity index (χ1v) is 11.0. The smallest absolute Gasteiger partial charge is 0.308 e. The molecule has 0 spiro atoms. The molecule has 9 heteroatoms. The summed E-state index contributed by atoms with van der Waals surface area (Å²) in [5.74, 6) is 0.739. The van der Waals surface area contributed by atoms with Crippen molar-refractivity contribution in [3.63, 3.8) is 0 Å². The van der Waals surface area contributed by atoms with Crippen LogP contribution < -0.4 is 15.0 Å². The summed E-state index contributed by atoms with van der Waals surface area (Å²) in [7, 11) is 0. The van der Waals surface area contributed by atoms with E-state index in [1.807, 2.05) is 18.2 Å². The SMILES string of the molecule is CC(=O)Oc1ccc(OC(C)=O)c2cc(CCCSC(=S)c3c(C)[nH][nH]c3=O)ccc12. The van der Waals surface area contributed by atoms with Crippen molar-refractivity contribution in [1.29, 1.82) is 0 Å². The molecule has 3 rings (SSSR count). The molecule has 7 nitrogen and oxygen atoms in total. The number of esters is 2. The third-order valence-corrected chi connectivity index (χ3v) is 6.04. The zero-order chi connectivity index (χ0) is 22.5. The highest BCUT2D eigenvalue weighted by Crippen LogP contribution is 2.34. The van der Waals surface area contributed by atoms with Crippen molar-refractivity contribution >= 4 is 50.9 Å². The molecular formula is C22H22N2O5S2. The summed E-state index contributed by atoms with van der Waals surface area (Å²) in [6.07, 6.45) is 1.61. The Morgan fingerprint density at radius 1 is 1.00 bits per heavy atom. The van der Waals surface area contributed by atoms with E-state index in [2.05, 4.69) is 10.2 Å². The van der Waals surface area contributed by atoms with Crippen molar-refractivity contribution < 1.29 is 19.1 Å². The van der Waals surface area contributed by atoms with Crippen LogP contribution in [0.4, 0.5) is 0 Å². The van der Waals surface area contributed by atoms with Gasteiger partial charge in [-0.3, -0.25) is 19.5 Å². The van der Waals surface area contributed by atoms with E-state index in [0.717, 1.165) is 29.9 Å². The van der Waals surface area contributed by atoms with Gasteiger partial charge in [0.25, 0.3) is 5.56 Å². The number of benzene rings is 2. The minimum Gasteiger partial charge on any atom is -0.426 e. The fourth-order valence-corrected chi connectivity index (χ4v) is 4.55. The molecule has 0 saturated heterocycles. The number of ether oxygens (including phenoxy) is 2. The quantitative estimate of drug-likeness (QED) is 0.238. The summed E-state index contributed by atoms with van der Waals surface area (Å²) in [5.41, 5.74) is 2.10. The van der Waals surface area contributed by atoms with Gasteiger partial charge < -0.3 is 14.6 Å². The fourth-order valence-electron chi connectivity index (χ4n) is 3.19. The largest absolute Gasteiger partial charge is 0.426 e. The normalized spacial score (nSPS) is 10.8. The minimum atomic E-state index is -0.424. The number of thiocarbonyl (C=S) groups is 1. The third-order valence-electron chi connectivity index (χ3n) is 4.52. The van der Waals surface area contributed by atoms with Crippen LogP contribution >= 0.6 is 24.0 Å². The lowest BCUT2D eigenvalue weighted by Gasteiger charge is -2.12. The minimum absolute atomic E-state index is 0.203. The van der Waals surface area contributed by atoms with E-state index in [-0.39, 0.29) is 5.56 Å². The second kappa shape index (κ2) is 9.93. The summed E-state index contributed by atoms with van der Waals surface area (Å²) in [4.78, 5) is 34.7. The van der Waals surface area contributed by atoms with Gasteiger partial charge in [-0.25, -0.2) is 0 Å². The first-order valence-electron chi connectivity index (χ1n) is 9.63. The Morgan fingerprint density at radius 3 is 2.23 bits per heavy atom. The number of rotatable bonds is 7. The van der Waals surface area contributed by atoms with Crippen molar-refractivity contribution in [3.05, 3.63) is 57.5 Å². The molecule has 0 atom stereocenters. The number of carbonyl (C=O) groups excluding carboxylic acids is 2. The number of H-pyrrole nitrogens is 2. The molecule has 0 amide bonds. The van der Waals surface area contributed by atoms with Gasteiger partial charge in [-0.15, -0.1) is 11.8 Å². The Balaban J connectivity index is 1.73. The van der Waals surface area contributed by atoms with E-state index in [9.17, 15) is 14.4 Å². The van der Waals surface area contributed by atoms with E-state index in [0.29, 0.717) is 32.0 Å². The second-order valence-electron chi connectivity index (χ2n) is 6.95. The van der Waals surface area contributed by atoms with Crippen molar-refractivity contribution in [1.82, 2.24) is 10.2 Å². The summed E-state index contributed by atoms with van der Waals surface area (Å²) in [6.45, 7) is 4.48. The fraction of sp³-hybridized carbons (Fsp3) is 0.273. The predicted molar refractivity (Wildman–Crippen MR) is 125 cm³/mol. The van der Waals surface area contributed by atoms with E-state index in [1.165, 1.54) is 25.6 Å². The molecule has 0 aliphatic heterocycles. The first-order chi connectivity index (χ1) is 14.8. The van der Waals surface area contributed by atoms with Crippen molar-refractivity contribution in [2.45, 2.75) is 33.6 Å². The van der Waals surface area contributed by atoms with Crippen LogP contribution in [-0.2, 0) is 16.0 Å². The number of thioether (sulfide) groups is 1. The zero-order valence-corrected chi connectivity index (χ0v) is 19.0. The van der Waals surface area contributed by atoms with Gasteiger partial charge >= 0.3 is 11.9 Å².